The van der Waals surface area contributed by atoms with Gasteiger partial charge in [0.25, 0.3) is 5.91 Å². The van der Waals surface area contributed by atoms with Crippen molar-refractivity contribution in [3.05, 3.63) is 29.0 Å². The van der Waals surface area contributed by atoms with Crippen molar-refractivity contribution in [2.24, 2.45) is 0 Å². The third-order valence-corrected chi connectivity index (χ3v) is 1.49. The lowest BCUT2D eigenvalue weighted by atomic mass is 10.3. The fourth-order valence-corrected chi connectivity index (χ4v) is 0.812. The molecule has 0 aliphatic heterocycles. The van der Waals surface area contributed by atoms with Gasteiger partial charge in [-0.3, -0.25) is 9.63 Å². The van der Waals surface area contributed by atoms with Crippen molar-refractivity contribution >= 4 is 17.5 Å². The van der Waals surface area contributed by atoms with Gasteiger partial charge in [0.05, 0.1) is 11.6 Å². The van der Waals surface area contributed by atoms with Crippen LogP contribution in [-0.4, -0.2) is 17.5 Å². The molecule has 0 aliphatic rings. The average Bonchev–Trinajstić information content (AvgIpc) is 2.15. The van der Waals surface area contributed by atoms with E-state index in [9.17, 15) is 4.79 Å². The van der Waals surface area contributed by atoms with E-state index in [1.807, 2.05) is 0 Å². The molecule has 4 nitrogen and oxygen atoms in total. The first-order valence-electron chi connectivity index (χ1n) is 3.77. The molecule has 1 aromatic heterocycles. The molecule has 0 bridgehead atoms. The number of carbonyl (C=O) groups is 1. The first-order chi connectivity index (χ1) is 6.24. The van der Waals surface area contributed by atoms with E-state index in [1.165, 1.54) is 12.3 Å². The van der Waals surface area contributed by atoms with E-state index in [1.54, 1.807) is 13.0 Å². The second-order valence-electron chi connectivity index (χ2n) is 2.23. The number of nitrogens with one attached hydrogen (secondary N) is 1. The Morgan fingerprint density at radius 3 is 3.00 bits per heavy atom. The molecule has 0 aromatic carbocycles. The molecule has 0 aliphatic carbocycles. The zero-order valence-electron chi connectivity index (χ0n) is 7.08. The smallest absolute Gasteiger partial charge is 0.274 e. The van der Waals surface area contributed by atoms with Crippen molar-refractivity contribution in [2.75, 3.05) is 6.61 Å². The molecular formula is C8H9ClN2O2. The monoisotopic (exact) mass is 200 g/mol. The third-order valence-electron chi connectivity index (χ3n) is 1.27. The number of rotatable bonds is 3. The first-order valence-corrected chi connectivity index (χ1v) is 4.15. The summed E-state index contributed by atoms with van der Waals surface area (Å²) in [4.78, 5) is 19.7. The highest BCUT2D eigenvalue weighted by molar-refractivity contribution is 6.30. The van der Waals surface area contributed by atoms with Crippen LogP contribution in [0.4, 0.5) is 0 Å². The van der Waals surface area contributed by atoms with Gasteiger partial charge in [0.2, 0.25) is 0 Å². The SMILES string of the molecule is CCONC(=O)c1ccc(Cl)cn1. The summed E-state index contributed by atoms with van der Waals surface area (Å²) in [5.41, 5.74) is 2.50. The van der Waals surface area contributed by atoms with Gasteiger partial charge in [-0.05, 0) is 19.1 Å². The number of nitrogens with zero attached hydrogens (tertiary/aromatic N) is 1. The van der Waals surface area contributed by atoms with Crippen molar-refractivity contribution in [1.29, 1.82) is 0 Å². The Labute approximate surface area is 80.8 Å². The number of hydrogen-bond donors (Lipinski definition) is 1. The molecule has 1 amide bonds. The van der Waals surface area contributed by atoms with Crippen LogP contribution >= 0.6 is 11.6 Å². The fourth-order valence-electron chi connectivity index (χ4n) is 0.700. The lowest BCUT2D eigenvalue weighted by Gasteiger charge is -2.01. The van der Waals surface area contributed by atoms with Crippen molar-refractivity contribution in [3.63, 3.8) is 0 Å². The van der Waals surface area contributed by atoms with Gasteiger partial charge in [0.15, 0.2) is 0 Å². The Hall–Kier alpha value is -1.13. The van der Waals surface area contributed by atoms with Gasteiger partial charge in [0, 0.05) is 6.20 Å². The summed E-state index contributed by atoms with van der Waals surface area (Å²) in [5.74, 6) is -0.376. The maximum atomic E-state index is 11.2. The Morgan fingerprint density at radius 1 is 1.69 bits per heavy atom. The fraction of sp³-hybridized carbons (Fsp3) is 0.250. The van der Waals surface area contributed by atoms with Crippen LogP contribution in [-0.2, 0) is 4.84 Å². The lowest BCUT2D eigenvalue weighted by molar-refractivity contribution is 0.0360. The van der Waals surface area contributed by atoms with Crippen molar-refractivity contribution < 1.29 is 9.63 Å². The summed E-state index contributed by atoms with van der Waals surface area (Å²) in [5, 5.41) is 0.493. The Morgan fingerprint density at radius 2 is 2.46 bits per heavy atom. The lowest BCUT2D eigenvalue weighted by Crippen LogP contribution is -2.24. The maximum Gasteiger partial charge on any atom is 0.293 e. The number of halogens is 1. The van der Waals surface area contributed by atoms with Gasteiger partial charge < -0.3 is 0 Å². The van der Waals surface area contributed by atoms with Crippen molar-refractivity contribution in [3.8, 4) is 0 Å². The molecule has 1 rings (SSSR count). The zero-order valence-corrected chi connectivity index (χ0v) is 7.84. The number of pyridine rings is 1. The predicted octanol–water partition coefficient (Wildman–Crippen LogP) is 1.42. The summed E-state index contributed by atoms with van der Waals surface area (Å²) < 4.78 is 0. The summed E-state index contributed by atoms with van der Waals surface area (Å²) >= 11 is 5.60. The molecule has 5 heteroatoms. The van der Waals surface area contributed by atoms with Gasteiger partial charge in [-0.25, -0.2) is 10.5 Å². The van der Waals surface area contributed by atoms with Crippen LogP contribution in [0.25, 0.3) is 0 Å². The number of hydroxylamine groups is 1. The van der Waals surface area contributed by atoms with E-state index >= 15 is 0 Å². The molecule has 0 saturated heterocycles. The van der Waals surface area contributed by atoms with E-state index < -0.39 is 0 Å². The van der Waals surface area contributed by atoms with Crippen molar-refractivity contribution in [1.82, 2.24) is 10.5 Å². The first kappa shape index (κ1) is 9.95. The van der Waals surface area contributed by atoms with Gasteiger partial charge in [-0.15, -0.1) is 0 Å². The quantitative estimate of drug-likeness (QED) is 0.751. The molecule has 70 valence electrons. The molecule has 1 aromatic rings. The van der Waals surface area contributed by atoms with E-state index in [2.05, 4.69) is 10.5 Å². The zero-order chi connectivity index (χ0) is 9.68. The number of hydrogen-bond acceptors (Lipinski definition) is 3. The van der Waals surface area contributed by atoms with E-state index in [4.69, 9.17) is 16.4 Å². The summed E-state index contributed by atoms with van der Waals surface area (Å²) in [6.07, 6.45) is 1.41. The van der Waals surface area contributed by atoms with Crippen LogP contribution in [0, 0.1) is 0 Å². The second-order valence-corrected chi connectivity index (χ2v) is 2.66. The van der Waals surface area contributed by atoms with Gasteiger partial charge in [-0.2, -0.15) is 0 Å². The van der Waals surface area contributed by atoms with E-state index in [0.717, 1.165) is 0 Å². The second kappa shape index (κ2) is 4.79. The van der Waals surface area contributed by atoms with Crippen LogP contribution in [0.3, 0.4) is 0 Å². The van der Waals surface area contributed by atoms with Crippen LogP contribution in [0.1, 0.15) is 17.4 Å². The van der Waals surface area contributed by atoms with Crippen LogP contribution in [0.2, 0.25) is 5.02 Å². The highest BCUT2D eigenvalue weighted by Crippen LogP contribution is 2.05. The Balaban J connectivity index is 2.61. The third kappa shape index (κ3) is 3.01. The minimum atomic E-state index is -0.376. The van der Waals surface area contributed by atoms with Gasteiger partial charge in [0.1, 0.15) is 5.69 Å². The summed E-state index contributed by atoms with van der Waals surface area (Å²) in [7, 11) is 0. The normalized spacial score (nSPS) is 9.69. The van der Waals surface area contributed by atoms with Crippen LogP contribution in [0.5, 0.6) is 0 Å². The Bertz CT molecular complexity index is 287. The predicted molar refractivity (Wildman–Crippen MR) is 48.3 cm³/mol. The number of carbonyl (C=O) groups excluding carboxylic acids is 1. The van der Waals surface area contributed by atoms with Gasteiger partial charge in [-0.1, -0.05) is 11.6 Å². The maximum absolute atomic E-state index is 11.2. The van der Waals surface area contributed by atoms with Crippen LogP contribution < -0.4 is 5.48 Å². The molecule has 13 heavy (non-hydrogen) atoms. The number of amides is 1. The average molecular weight is 201 g/mol. The van der Waals surface area contributed by atoms with Gasteiger partial charge >= 0.3 is 0 Å². The summed E-state index contributed by atoms with van der Waals surface area (Å²) in [6, 6.07) is 3.12. The molecule has 0 unspecified atom stereocenters. The molecule has 0 radical (unpaired) electrons. The molecular weight excluding hydrogens is 192 g/mol. The highest BCUT2D eigenvalue weighted by atomic mass is 35.5. The minimum Gasteiger partial charge on any atom is -0.274 e. The minimum absolute atomic E-state index is 0.276. The number of aromatic nitrogens is 1. The van der Waals surface area contributed by atoms with E-state index in [-0.39, 0.29) is 11.6 Å². The molecule has 1 heterocycles. The molecule has 1 N–H and O–H groups in total. The molecule has 0 saturated carbocycles. The van der Waals surface area contributed by atoms with Crippen molar-refractivity contribution in [2.45, 2.75) is 6.92 Å². The molecule has 0 fully saturated rings. The topological polar surface area (TPSA) is 51.2 Å². The summed E-state index contributed by atoms with van der Waals surface area (Å²) in [6.45, 7) is 2.19. The molecule has 0 spiro atoms. The highest BCUT2D eigenvalue weighted by Gasteiger charge is 2.05. The largest absolute Gasteiger partial charge is 0.293 e. The van der Waals surface area contributed by atoms with E-state index in [0.29, 0.717) is 11.6 Å². The van der Waals surface area contributed by atoms with Crippen LogP contribution in [0.15, 0.2) is 18.3 Å². The molecule has 0 atom stereocenters. The Kier molecular flexibility index (Phi) is 3.67. The standard InChI is InChI=1S/C8H9ClN2O2/c1-2-13-11-8(12)7-4-3-6(9)5-10-7/h3-5H,2H2,1H3,(H,11,12).